The van der Waals surface area contributed by atoms with Crippen LogP contribution in [0.5, 0.6) is 0 Å². The van der Waals surface area contributed by atoms with Crippen molar-refractivity contribution in [3.05, 3.63) is 0 Å². The van der Waals surface area contributed by atoms with Crippen molar-refractivity contribution in [1.29, 1.82) is 0 Å². The predicted octanol–water partition coefficient (Wildman–Crippen LogP) is -1.54. The number of rotatable bonds is 2. The van der Waals surface area contributed by atoms with Crippen LogP contribution in [0.1, 0.15) is 0 Å². The molecule has 0 saturated carbocycles. The van der Waals surface area contributed by atoms with Crippen molar-refractivity contribution in [2.24, 2.45) is 5.92 Å². The molecule has 66 valence electrons. The SMILES string of the molecule is F[B-](F)(F)CC1COCOC1.[K+]. The Bertz CT molecular complexity index is 126. The van der Waals surface area contributed by atoms with Crippen molar-refractivity contribution in [3.63, 3.8) is 0 Å². The van der Waals surface area contributed by atoms with E-state index in [1.807, 2.05) is 0 Å². The fourth-order valence-corrected chi connectivity index (χ4v) is 1.05. The van der Waals surface area contributed by atoms with Gasteiger partial charge in [-0.25, -0.2) is 0 Å². The van der Waals surface area contributed by atoms with Crippen LogP contribution in [0.15, 0.2) is 0 Å². The molecule has 0 spiro atoms. The Morgan fingerprint density at radius 3 is 2.08 bits per heavy atom. The molecule has 0 unspecified atom stereocenters. The fraction of sp³-hybridized carbons (Fsp3) is 1.00. The van der Waals surface area contributed by atoms with Crippen LogP contribution in [0.2, 0.25) is 6.32 Å². The molecule has 0 amide bonds. The predicted molar refractivity (Wildman–Crippen MR) is 34.1 cm³/mol. The summed E-state index contributed by atoms with van der Waals surface area (Å²) in [6.45, 7) is -4.23. The van der Waals surface area contributed by atoms with E-state index in [2.05, 4.69) is 0 Å². The molecule has 0 aromatic heterocycles. The Balaban J connectivity index is 0.00000121. The maximum Gasteiger partial charge on any atom is 1.00 e. The first kappa shape index (κ1) is 13.4. The van der Waals surface area contributed by atoms with Gasteiger partial charge < -0.3 is 22.4 Å². The van der Waals surface area contributed by atoms with Crippen LogP contribution in [0.3, 0.4) is 0 Å². The van der Waals surface area contributed by atoms with E-state index < -0.39 is 19.2 Å². The van der Waals surface area contributed by atoms with Gasteiger partial charge >= 0.3 is 58.4 Å². The van der Waals surface area contributed by atoms with Crippen LogP contribution >= 0.6 is 0 Å². The Morgan fingerprint density at radius 1 is 1.17 bits per heavy atom. The van der Waals surface area contributed by atoms with E-state index in [-0.39, 0.29) is 71.4 Å². The zero-order valence-corrected chi connectivity index (χ0v) is 10.1. The molecule has 1 rings (SSSR count). The van der Waals surface area contributed by atoms with E-state index in [0.29, 0.717) is 0 Å². The van der Waals surface area contributed by atoms with Crippen LogP contribution in [0.4, 0.5) is 12.9 Å². The summed E-state index contributed by atoms with van der Waals surface area (Å²) in [5.74, 6) is -0.497. The fourth-order valence-electron chi connectivity index (χ4n) is 1.05. The summed E-state index contributed by atoms with van der Waals surface area (Å²) in [7, 11) is 0. The quantitative estimate of drug-likeness (QED) is 0.512. The Kier molecular flexibility index (Phi) is 6.71. The van der Waals surface area contributed by atoms with Gasteiger partial charge in [0.1, 0.15) is 6.79 Å². The smallest absolute Gasteiger partial charge is 0.449 e. The standard InChI is InChI=1S/C5H9BF3O2.K/c7-6(8,9)1-5-2-10-4-11-3-5;/h5H,1-4H2;/q-1;+1. The Labute approximate surface area is 112 Å². The molecule has 1 heterocycles. The van der Waals surface area contributed by atoms with E-state index >= 15 is 0 Å². The third kappa shape index (κ3) is 5.96. The number of ether oxygens (including phenoxy) is 2. The summed E-state index contributed by atoms with van der Waals surface area (Å²) in [6.07, 6.45) is -0.750. The number of hydrogen-bond donors (Lipinski definition) is 0. The minimum absolute atomic E-state index is 0. The molecule has 0 atom stereocenters. The summed E-state index contributed by atoms with van der Waals surface area (Å²) >= 11 is 0. The largest absolute Gasteiger partial charge is 1.00 e. The van der Waals surface area contributed by atoms with Crippen molar-refractivity contribution in [2.45, 2.75) is 6.32 Å². The molecule has 1 aliphatic heterocycles. The molecule has 0 aromatic rings. The van der Waals surface area contributed by atoms with Gasteiger partial charge in [-0.05, 0) is 5.92 Å². The molecule has 7 heteroatoms. The molecule has 1 saturated heterocycles. The first-order valence-corrected chi connectivity index (χ1v) is 3.44. The maximum absolute atomic E-state index is 11.8. The second kappa shape index (κ2) is 6.00. The Hall–Kier alpha value is 1.41. The zero-order chi connectivity index (χ0) is 8.32. The van der Waals surface area contributed by atoms with Crippen molar-refractivity contribution in [1.82, 2.24) is 0 Å². The minimum atomic E-state index is -4.69. The van der Waals surface area contributed by atoms with Crippen molar-refractivity contribution < 1.29 is 73.8 Å². The van der Waals surface area contributed by atoms with E-state index in [1.165, 1.54) is 0 Å². The molecule has 1 aliphatic rings. The summed E-state index contributed by atoms with van der Waals surface area (Å²) in [5.41, 5.74) is 0. The molecule has 0 N–H and O–H groups in total. The minimum Gasteiger partial charge on any atom is -0.449 e. The van der Waals surface area contributed by atoms with Crippen LogP contribution in [-0.4, -0.2) is 27.0 Å². The van der Waals surface area contributed by atoms with Crippen LogP contribution in [0.25, 0.3) is 0 Å². The molecule has 12 heavy (non-hydrogen) atoms. The van der Waals surface area contributed by atoms with E-state index in [4.69, 9.17) is 9.47 Å². The summed E-state index contributed by atoms with van der Waals surface area (Å²) in [6, 6.07) is 0. The van der Waals surface area contributed by atoms with Crippen LogP contribution in [-0.2, 0) is 9.47 Å². The normalized spacial score (nSPS) is 20.2. The first-order valence-electron chi connectivity index (χ1n) is 3.44. The average molecular weight is 208 g/mol. The number of hydrogen-bond acceptors (Lipinski definition) is 2. The van der Waals surface area contributed by atoms with Crippen molar-refractivity contribution >= 4 is 6.98 Å². The molecule has 0 bridgehead atoms. The summed E-state index contributed by atoms with van der Waals surface area (Å²) in [4.78, 5) is 0. The summed E-state index contributed by atoms with van der Waals surface area (Å²) < 4.78 is 44.8. The van der Waals surface area contributed by atoms with E-state index in [0.717, 1.165) is 0 Å². The van der Waals surface area contributed by atoms with Crippen LogP contribution in [0, 0.1) is 5.92 Å². The van der Waals surface area contributed by atoms with Crippen molar-refractivity contribution in [2.75, 3.05) is 20.0 Å². The Morgan fingerprint density at radius 2 is 1.67 bits per heavy atom. The molecular formula is C5H9BF3KO2. The van der Waals surface area contributed by atoms with Gasteiger partial charge in [-0.2, -0.15) is 0 Å². The number of halogens is 3. The van der Waals surface area contributed by atoms with Gasteiger partial charge in [0.25, 0.3) is 0 Å². The zero-order valence-electron chi connectivity index (χ0n) is 6.93. The van der Waals surface area contributed by atoms with Gasteiger partial charge in [0, 0.05) is 0 Å². The van der Waals surface area contributed by atoms with Crippen molar-refractivity contribution in [3.8, 4) is 0 Å². The molecule has 0 aromatic carbocycles. The molecular weight excluding hydrogens is 199 g/mol. The topological polar surface area (TPSA) is 18.5 Å². The first-order chi connectivity index (χ1) is 5.08. The van der Waals surface area contributed by atoms with Crippen LogP contribution < -0.4 is 51.4 Å². The maximum atomic E-state index is 11.8. The second-order valence-electron chi connectivity index (χ2n) is 2.67. The third-order valence-electron chi connectivity index (χ3n) is 1.47. The average Bonchev–Trinajstić information content (AvgIpc) is 1.85. The molecule has 1 fully saturated rings. The van der Waals surface area contributed by atoms with E-state index in [9.17, 15) is 12.9 Å². The molecule has 0 aliphatic carbocycles. The second-order valence-corrected chi connectivity index (χ2v) is 2.67. The van der Waals surface area contributed by atoms with Gasteiger partial charge in [-0.3, -0.25) is 0 Å². The summed E-state index contributed by atoms with van der Waals surface area (Å²) in [5, 5.41) is 0. The molecule has 0 radical (unpaired) electrons. The van der Waals surface area contributed by atoms with Gasteiger partial charge in [-0.1, -0.05) is 6.32 Å². The van der Waals surface area contributed by atoms with Gasteiger partial charge in [0.15, 0.2) is 0 Å². The van der Waals surface area contributed by atoms with Gasteiger partial charge in [0.2, 0.25) is 0 Å². The van der Waals surface area contributed by atoms with Gasteiger partial charge in [0.05, 0.1) is 13.2 Å². The van der Waals surface area contributed by atoms with Gasteiger partial charge in [-0.15, -0.1) is 0 Å². The molecule has 2 nitrogen and oxygen atoms in total. The van der Waals surface area contributed by atoms with E-state index in [1.54, 1.807) is 0 Å². The third-order valence-corrected chi connectivity index (χ3v) is 1.47. The monoisotopic (exact) mass is 208 g/mol.